The summed E-state index contributed by atoms with van der Waals surface area (Å²) >= 11 is 0. The quantitative estimate of drug-likeness (QED) is 0.369. The van der Waals surface area contributed by atoms with Crippen LogP contribution in [0, 0.1) is 0 Å². The summed E-state index contributed by atoms with van der Waals surface area (Å²) in [6.45, 7) is 0.401. The smallest absolute Gasteiger partial charge is 0.279 e. The largest absolute Gasteiger partial charge is 0.323 e. The first-order chi connectivity index (χ1) is 7.90. The number of nitrogens with zero attached hydrogens (tertiary/aromatic N) is 4. The van der Waals surface area contributed by atoms with Gasteiger partial charge in [-0.25, -0.2) is 0 Å². The SMILES string of the molecule is C[N+](C)(C)CC(=O)Nc1ccc(N=[N+]=[N-])cc1. The number of likely N-dealkylation sites (N-methyl/N-ethyl adjacent to an activating group) is 1. The molecule has 6 heteroatoms. The molecule has 0 heterocycles. The standard InChI is InChI=1S/C11H15N5O/c1-16(2,3)8-11(17)13-9-4-6-10(7-5-9)14-15-12/h4-7H,8H2,1-3H3/p+1. The summed E-state index contributed by atoms with van der Waals surface area (Å²) in [7, 11) is 5.85. The Balaban J connectivity index is 2.63. The minimum Gasteiger partial charge on any atom is -0.323 e. The predicted octanol–water partition coefficient (Wildman–Crippen LogP) is 2.27. The van der Waals surface area contributed by atoms with Gasteiger partial charge in [0.2, 0.25) is 0 Å². The lowest BCUT2D eigenvalue weighted by Gasteiger charge is -2.22. The molecule has 0 bridgehead atoms. The van der Waals surface area contributed by atoms with E-state index >= 15 is 0 Å². The van der Waals surface area contributed by atoms with Gasteiger partial charge in [0, 0.05) is 16.3 Å². The number of rotatable bonds is 4. The number of carbonyl (C=O) groups is 1. The number of quaternary nitrogens is 1. The van der Waals surface area contributed by atoms with E-state index in [1.54, 1.807) is 24.3 Å². The van der Waals surface area contributed by atoms with Gasteiger partial charge in [-0.15, -0.1) is 0 Å². The third-order valence-corrected chi connectivity index (χ3v) is 1.93. The van der Waals surface area contributed by atoms with Crippen molar-refractivity contribution in [2.24, 2.45) is 5.11 Å². The lowest BCUT2D eigenvalue weighted by atomic mass is 10.3. The fourth-order valence-corrected chi connectivity index (χ4v) is 1.29. The van der Waals surface area contributed by atoms with Crippen LogP contribution in [-0.4, -0.2) is 38.1 Å². The average molecular weight is 234 g/mol. The monoisotopic (exact) mass is 234 g/mol. The van der Waals surface area contributed by atoms with Crippen molar-refractivity contribution in [2.75, 3.05) is 33.0 Å². The fraction of sp³-hybridized carbons (Fsp3) is 0.364. The molecule has 0 saturated carbocycles. The molecule has 1 amide bonds. The molecule has 1 aromatic rings. The van der Waals surface area contributed by atoms with Crippen molar-refractivity contribution in [3.8, 4) is 0 Å². The normalized spacial score (nSPS) is 10.5. The molecule has 0 spiro atoms. The summed E-state index contributed by atoms with van der Waals surface area (Å²) < 4.78 is 0.572. The highest BCUT2D eigenvalue weighted by Gasteiger charge is 2.13. The van der Waals surface area contributed by atoms with Crippen molar-refractivity contribution in [3.63, 3.8) is 0 Å². The van der Waals surface area contributed by atoms with Crippen molar-refractivity contribution in [3.05, 3.63) is 34.7 Å². The van der Waals surface area contributed by atoms with Gasteiger partial charge in [-0.1, -0.05) is 17.2 Å². The Labute approximate surface area is 100 Å². The number of benzene rings is 1. The van der Waals surface area contributed by atoms with Crippen molar-refractivity contribution in [1.29, 1.82) is 0 Å². The Morgan fingerprint density at radius 1 is 1.35 bits per heavy atom. The van der Waals surface area contributed by atoms with Crippen molar-refractivity contribution >= 4 is 17.3 Å². The Hall–Kier alpha value is -2.04. The summed E-state index contributed by atoms with van der Waals surface area (Å²) in [5.41, 5.74) is 9.47. The maximum Gasteiger partial charge on any atom is 0.279 e. The Morgan fingerprint density at radius 3 is 2.41 bits per heavy atom. The number of hydrogen-bond acceptors (Lipinski definition) is 2. The molecular formula is C11H16N5O+. The van der Waals surface area contributed by atoms with Crippen LogP contribution in [0.5, 0.6) is 0 Å². The van der Waals surface area contributed by atoms with Gasteiger partial charge in [0.05, 0.1) is 21.1 Å². The number of nitrogens with one attached hydrogen (secondary N) is 1. The summed E-state index contributed by atoms with van der Waals surface area (Å²) in [4.78, 5) is 14.3. The van der Waals surface area contributed by atoms with Crippen LogP contribution >= 0.6 is 0 Å². The van der Waals surface area contributed by atoms with Gasteiger partial charge < -0.3 is 9.80 Å². The molecule has 1 rings (SSSR count). The number of anilines is 1. The Kier molecular flexibility index (Phi) is 4.09. The minimum atomic E-state index is -0.0472. The molecule has 90 valence electrons. The molecule has 0 aromatic heterocycles. The van der Waals surface area contributed by atoms with E-state index in [0.717, 1.165) is 0 Å². The number of amides is 1. The van der Waals surface area contributed by atoms with Gasteiger partial charge >= 0.3 is 0 Å². The molecule has 6 nitrogen and oxygen atoms in total. The fourth-order valence-electron chi connectivity index (χ4n) is 1.29. The van der Waals surface area contributed by atoms with Crippen LogP contribution in [0.2, 0.25) is 0 Å². The second-order valence-electron chi connectivity index (χ2n) is 4.73. The summed E-state index contributed by atoms with van der Waals surface area (Å²) in [6.07, 6.45) is 0. The van der Waals surface area contributed by atoms with E-state index in [4.69, 9.17) is 5.53 Å². The minimum absolute atomic E-state index is 0.0472. The first kappa shape index (κ1) is 13.0. The zero-order chi connectivity index (χ0) is 12.9. The predicted molar refractivity (Wildman–Crippen MR) is 66.8 cm³/mol. The molecule has 0 atom stereocenters. The van der Waals surface area contributed by atoms with Crippen LogP contribution in [0.15, 0.2) is 29.4 Å². The topological polar surface area (TPSA) is 77.9 Å². The van der Waals surface area contributed by atoms with E-state index in [2.05, 4.69) is 15.3 Å². The first-order valence-electron chi connectivity index (χ1n) is 5.16. The molecule has 0 unspecified atom stereocenters. The summed E-state index contributed by atoms with van der Waals surface area (Å²) in [5.74, 6) is -0.0472. The molecular weight excluding hydrogens is 218 g/mol. The molecule has 0 aliphatic carbocycles. The van der Waals surface area contributed by atoms with Gasteiger partial charge in [0.15, 0.2) is 6.54 Å². The molecule has 17 heavy (non-hydrogen) atoms. The van der Waals surface area contributed by atoms with E-state index < -0.39 is 0 Å². The van der Waals surface area contributed by atoms with Crippen LogP contribution in [0.25, 0.3) is 10.4 Å². The highest BCUT2D eigenvalue weighted by Crippen LogP contribution is 2.16. The van der Waals surface area contributed by atoms with Crippen LogP contribution in [-0.2, 0) is 4.79 Å². The van der Waals surface area contributed by atoms with E-state index in [0.29, 0.717) is 22.4 Å². The van der Waals surface area contributed by atoms with E-state index in [1.165, 1.54) is 0 Å². The van der Waals surface area contributed by atoms with Crippen LogP contribution < -0.4 is 5.32 Å². The Bertz CT molecular complexity index is 440. The van der Waals surface area contributed by atoms with Gasteiger partial charge in [0.1, 0.15) is 0 Å². The summed E-state index contributed by atoms with van der Waals surface area (Å²) in [6, 6.07) is 6.72. The van der Waals surface area contributed by atoms with Crippen LogP contribution in [0.4, 0.5) is 11.4 Å². The van der Waals surface area contributed by atoms with Gasteiger partial charge in [-0.05, 0) is 17.7 Å². The van der Waals surface area contributed by atoms with Crippen LogP contribution in [0.1, 0.15) is 0 Å². The number of azide groups is 1. The van der Waals surface area contributed by atoms with Gasteiger partial charge in [-0.3, -0.25) is 4.79 Å². The number of carbonyl (C=O) groups excluding carboxylic acids is 1. The van der Waals surface area contributed by atoms with Crippen molar-refractivity contribution < 1.29 is 9.28 Å². The molecule has 0 radical (unpaired) electrons. The molecule has 1 aromatic carbocycles. The highest BCUT2D eigenvalue weighted by atomic mass is 16.2. The first-order valence-corrected chi connectivity index (χ1v) is 5.16. The lowest BCUT2D eigenvalue weighted by Crippen LogP contribution is -2.41. The Morgan fingerprint density at radius 2 is 1.94 bits per heavy atom. The lowest BCUT2D eigenvalue weighted by molar-refractivity contribution is -0.861. The third kappa shape index (κ3) is 5.01. The van der Waals surface area contributed by atoms with E-state index in [9.17, 15) is 4.79 Å². The second kappa shape index (κ2) is 5.34. The number of hydrogen-bond donors (Lipinski definition) is 1. The highest BCUT2D eigenvalue weighted by molar-refractivity contribution is 5.91. The third-order valence-electron chi connectivity index (χ3n) is 1.93. The molecule has 0 saturated heterocycles. The maximum absolute atomic E-state index is 11.6. The van der Waals surface area contributed by atoms with Gasteiger partial charge in [0.25, 0.3) is 5.91 Å². The zero-order valence-corrected chi connectivity index (χ0v) is 10.2. The van der Waals surface area contributed by atoms with Crippen LogP contribution in [0.3, 0.4) is 0 Å². The zero-order valence-electron chi connectivity index (χ0n) is 10.2. The molecule has 1 N–H and O–H groups in total. The van der Waals surface area contributed by atoms with E-state index in [1.807, 2.05) is 21.1 Å². The van der Waals surface area contributed by atoms with Gasteiger partial charge in [-0.2, -0.15) is 0 Å². The second-order valence-corrected chi connectivity index (χ2v) is 4.73. The molecule has 0 fully saturated rings. The molecule has 0 aliphatic rings. The van der Waals surface area contributed by atoms with Crippen molar-refractivity contribution in [2.45, 2.75) is 0 Å². The maximum atomic E-state index is 11.6. The molecule has 0 aliphatic heterocycles. The van der Waals surface area contributed by atoms with Crippen molar-refractivity contribution in [1.82, 2.24) is 0 Å². The average Bonchev–Trinajstić information content (AvgIpc) is 2.18. The summed E-state index contributed by atoms with van der Waals surface area (Å²) in [5, 5.41) is 6.23. The van der Waals surface area contributed by atoms with E-state index in [-0.39, 0.29) is 5.91 Å².